The molecule has 0 unspecified atom stereocenters. The Kier molecular flexibility index (Phi) is 2.72. The molecule has 0 aromatic carbocycles. The van der Waals surface area contributed by atoms with E-state index in [4.69, 9.17) is 4.74 Å². The minimum Gasteiger partial charge on any atom is -0.443 e. The van der Waals surface area contributed by atoms with Gasteiger partial charge in [-0.2, -0.15) is 0 Å². The number of fused-ring (bicyclic) bond motifs is 3. The number of carbonyl (C=O) groups is 1. The monoisotopic (exact) mass is 223 g/mol. The van der Waals surface area contributed by atoms with Crippen LogP contribution in [-0.2, 0) is 4.74 Å². The van der Waals surface area contributed by atoms with Crippen molar-refractivity contribution in [2.45, 2.75) is 58.1 Å². The van der Waals surface area contributed by atoms with Gasteiger partial charge in [-0.3, -0.25) is 4.90 Å². The summed E-state index contributed by atoms with van der Waals surface area (Å²) in [7, 11) is 0. The highest BCUT2D eigenvalue weighted by Crippen LogP contribution is 2.41. The third kappa shape index (κ3) is 2.08. The summed E-state index contributed by atoms with van der Waals surface area (Å²) in [5.41, 5.74) is 0.547. The summed E-state index contributed by atoms with van der Waals surface area (Å²) in [6.45, 7) is 9.75. The third-order valence-electron chi connectivity index (χ3n) is 3.43. The summed E-state index contributed by atoms with van der Waals surface area (Å²) in [5.74, 6) is 0.498. The van der Waals surface area contributed by atoms with Crippen molar-refractivity contribution in [3.8, 4) is 0 Å². The molecule has 90 valence electrons. The van der Waals surface area contributed by atoms with Gasteiger partial charge in [0, 0.05) is 11.7 Å². The Bertz CT molecular complexity index is 308. The van der Waals surface area contributed by atoms with Gasteiger partial charge in [0.15, 0.2) is 0 Å². The number of nitrogens with zero attached hydrogens (tertiary/aromatic N) is 1. The molecule has 3 fully saturated rings. The molecule has 2 heterocycles. The number of rotatable bonds is 0. The molecule has 0 aromatic heterocycles. The zero-order valence-corrected chi connectivity index (χ0v) is 10.5. The molecule has 2 saturated heterocycles. The van der Waals surface area contributed by atoms with Crippen molar-refractivity contribution in [2.24, 2.45) is 5.92 Å². The average molecular weight is 223 g/mol. The molecule has 0 aromatic rings. The first-order chi connectivity index (χ1) is 7.38. The molecule has 2 bridgehead atoms. The van der Waals surface area contributed by atoms with E-state index < -0.39 is 5.60 Å². The Labute approximate surface area is 97.5 Å². The largest absolute Gasteiger partial charge is 0.443 e. The summed E-state index contributed by atoms with van der Waals surface area (Å²) in [4.78, 5) is 13.9. The maximum absolute atomic E-state index is 12.1. The first-order valence-electron chi connectivity index (χ1n) is 6.09. The van der Waals surface area contributed by atoms with E-state index in [2.05, 4.69) is 6.58 Å². The normalized spacial score (nSPS) is 29.4. The van der Waals surface area contributed by atoms with Crippen LogP contribution in [0.15, 0.2) is 12.3 Å². The fraction of sp³-hybridized carbons (Fsp3) is 0.769. The van der Waals surface area contributed by atoms with E-state index in [1.54, 1.807) is 4.90 Å². The van der Waals surface area contributed by atoms with Crippen LogP contribution >= 0.6 is 0 Å². The fourth-order valence-corrected chi connectivity index (χ4v) is 2.68. The Hall–Kier alpha value is -0.990. The SMILES string of the molecule is C=C1C2CCC(CC2)N1C(=O)OC(C)(C)C. The second-order valence-corrected chi connectivity index (χ2v) is 5.85. The number of hydrogen-bond acceptors (Lipinski definition) is 2. The quantitative estimate of drug-likeness (QED) is 0.630. The Balaban J connectivity index is 2.09. The van der Waals surface area contributed by atoms with Crippen LogP contribution in [0.4, 0.5) is 4.79 Å². The molecule has 0 N–H and O–H groups in total. The fourth-order valence-electron chi connectivity index (χ4n) is 2.68. The van der Waals surface area contributed by atoms with E-state index in [0.29, 0.717) is 12.0 Å². The maximum atomic E-state index is 12.1. The lowest BCUT2D eigenvalue weighted by atomic mass is 9.78. The number of amides is 1. The van der Waals surface area contributed by atoms with Crippen LogP contribution in [0.5, 0.6) is 0 Å². The molecule has 0 spiro atoms. The molecule has 0 radical (unpaired) electrons. The zero-order valence-electron chi connectivity index (χ0n) is 10.5. The molecule has 0 atom stereocenters. The van der Waals surface area contributed by atoms with Gasteiger partial charge in [0.2, 0.25) is 0 Å². The molecular weight excluding hydrogens is 202 g/mol. The van der Waals surface area contributed by atoms with Crippen LogP contribution in [0.2, 0.25) is 0 Å². The van der Waals surface area contributed by atoms with Gasteiger partial charge < -0.3 is 4.74 Å². The highest BCUT2D eigenvalue weighted by atomic mass is 16.6. The Morgan fingerprint density at radius 1 is 1.31 bits per heavy atom. The van der Waals surface area contributed by atoms with Crippen LogP contribution < -0.4 is 0 Å². The van der Waals surface area contributed by atoms with E-state index in [1.165, 1.54) is 12.8 Å². The molecule has 1 saturated carbocycles. The molecule has 3 rings (SSSR count). The second-order valence-electron chi connectivity index (χ2n) is 5.85. The van der Waals surface area contributed by atoms with Crippen molar-refractivity contribution in [2.75, 3.05) is 0 Å². The summed E-state index contributed by atoms with van der Waals surface area (Å²) in [5, 5.41) is 0. The van der Waals surface area contributed by atoms with Gasteiger partial charge in [0.25, 0.3) is 0 Å². The Morgan fingerprint density at radius 3 is 2.31 bits per heavy atom. The van der Waals surface area contributed by atoms with Gasteiger partial charge >= 0.3 is 6.09 Å². The molecule has 3 aliphatic rings. The minimum atomic E-state index is -0.423. The van der Waals surface area contributed by atoms with E-state index in [-0.39, 0.29) is 6.09 Å². The van der Waals surface area contributed by atoms with E-state index in [0.717, 1.165) is 18.5 Å². The maximum Gasteiger partial charge on any atom is 0.414 e. The molecule has 16 heavy (non-hydrogen) atoms. The van der Waals surface area contributed by atoms with Crippen molar-refractivity contribution < 1.29 is 9.53 Å². The van der Waals surface area contributed by atoms with Crippen LogP contribution in [0, 0.1) is 5.92 Å². The molecule has 1 amide bonds. The summed E-state index contributed by atoms with van der Waals surface area (Å²) >= 11 is 0. The van der Waals surface area contributed by atoms with Crippen LogP contribution in [0.1, 0.15) is 46.5 Å². The highest BCUT2D eigenvalue weighted by Gasteiger charge is 2.41. The Morgan fingerprint density at radius 2 is 1.88 bits per heavy atom. The number of piperidine rings is 2. The smallest absolute Gasteiger partial charge is 0.414 e. The molecule has 3 nitrogen and oxygen atoms in total. The second kappa shape index (κ2) is 3.79. The topological polar surface area (TPSA) is 29.5 Å². The lowest BCUT2D eigenvalue weighted by Gasteiger charge is -2.46. The van der Waals surface area contributed by atoms with Crippen molar-refractivity contribution in [1.82, 2.24) is 4.90 Å². The first-order valence-corrected chi connectivity index (χ1v) is 6.09. The molecule has 3 heteroatoms. The van der Waals surface area contributed by atoms with Crippen molar-refractivity contribution in [1.29, 1.82) is 0 Å². The molecule has 1 aliphatic carbocycles. The lowest BCUT2D eigenvalue weighted by molar-refractivity contribution is 0.00568. The predicted octanol–water partition coefficient (Wildman–Crippen LogP) is 3.31. The van der Waals surface area contributed by atoms with Gasteiger partial charge in [-0.25, -0.2) is 4.79 Å². The predicted molar refractivity (Wildman–Crippen MR) is 63.0 cm³/mol. The zero-order chi connectivity index (χ0) is 11.9. The number of allylic oxidation sites excluding steroid dienone is 1. The number of ether oxygens (including phenoxy) is 1. The standard InChI is InChI=1S/C13H21NO2/c1-9-10-5-7-11(8-6-10)14(9)12(15)16-13(2,3)4/h10-11H,1,5-8H2,2-4H3. The third-order valence-corrected chi connectivity index (χ3v) is 3.43. The van der Waals surface area contributed by atoms with Gasteiger partial charge in [0.05, 0.1) is 0 Å². The highest BCUT2D eigenvalue weighted by molar-refractivity contribution is 5.71. The number of carbonyl (C=O) groups excluding carboxylic acids is 1. The molecular formula is C13H21NO2. The van der Waals surface area contributed by atoms with Gasteiger partial charge in [-0.15, -0.1) is 0 Å². The van der Waals surface area contributed by atoms with Gasteiger partial charge in [0.1, 0.15) is 5.60 Å². The van der Waals surface area contributed by atoms with E-state index >= 15 is 0 Å². The van der Waals surface area contributed by atoms with Gasteiger partial charge in [-0.05, 0) is 52.4 Å². The van der Waals surface area contributed by atoms with E-state index in [1.807, 2.05) is 20.8 Å². The summed E-state index contributed by atoms with van der Waals surface area (Å²) < 4.78 is 5.43. The number of hydrogen-bond donors (Lipinski definition) is 0. The molecule has 2 aliphatic heterocycles. The van der Waals surface area contributed by atoms with Crippen LogP contribution in [0.25, 0.3) is 0 Å². The summed E-state index contributed by atoms with van der Waals surface area (Å²) in [6.07, 6.45) is 4.35. The minimum absolute atomic E-state index is 0.216. The summed E-state index contributed by atoms with van der Waals surface area (Å²) in [6, 6.07) is 0.326. The van der Waals surface area contributed by atoms with Gasteiger partial charge in [-0.1, -0.05) is 6.58 Å². The van der Waals surface area contributed by atoms with Crippen LogP contribution in [0.3, 0.4) is 0 Å². The van der Waals surface area contributed by atoms with Crippen molar-refractivity contribution in [3.63, 3.8) is 0 Å². The first kappa shape index (κ1) is 11.5. The average Bonchev–Trinajstić information content (AvgIpc) is 2.16. The van der Waals surface area contributed by atoms with Crippen molar-refractivity contribution >= 4 is 6.09 Å². The van der Waals surface area contributed by atoms with Crippen LogP contribution in [-0.4, -0.2) is 22.6 Å². The van der Waals surface area contributed by atoms with Crippen molar-refractivity contribution in [3.05, 3.63) is 12.3 Å². The lowest BCUT2D eigenvalue weighted by Crippen LogP contribution is -2.50. The van der Waals surface area contributed by atoms with E-state index in [9.17, 15) is 4.79 Å².